The number of likely N-dealkylation sites (N-methyl/N-ethyl adjacent to an activating group) is 1. The van der Waals surface area contributed by atoms with Crippen LogP contribution in [0, 0.1) is 0 Å². The first kappa shape index (κ1) is 19.9. The van der Waals surface area contributed by atoms with Crippen LogP contribution in [0.25, 0.3) is 0 Å². The molecule has 1 aromatic rings. The highest BCUT2D eigenvalue weighted by Crippen LogP contribution is 2.07. The molecule has 1 rings (SSSR count). The average Bonchev–Trinajstić information content (AvgIpc) is 2.35. The van der Waals surface area contributed by atoms with E-state index in [1.807, 2.05) is 13.8 Å². The Kier molecular flexibility index (Phi) is 8.50. The highest BCUT2D eigenvalue weighted by atomic mass is 35.5. The summed E-state index contributed by atoms with van der Waals surface area (Å²) < 4.78 is 21.9. The van der Waals surface area contributed by atoms with Gasteiger partial charge >= 0.3 is 0 Å². The quantitative estimate of drug-likeness (QED) is 0.680. The van der Waals surface area contributed by atoms with E-state index in [0.717, 1.165) is 6.54 Å². The Bertz CT molecular complexity index is 546. The first-order chi connectivity index (χ1) is 9.31. The van der Waals surface area contributed by atoms with Gasteiger partial charge in [-0.1, -0.05) is 19.1 Å². The van der Waals surface area contributed by atoms with Crippen LogP contribution in [0.5, 0.6) is 0 Å². The molecule has 0 bridgehead atoms. The summed E-state index contributed by atoms with van der Waals surface area (Å²) in [4.78, 5) is 11.9. The lowest BCUT2D eigenvalue weighted by molar-refractivity contribution is 0.0950. The molecule has 0 aliphatic heterocycles. The highest BCUT2D eigenvalue weighted by molar-refractivity contribution is 7.88. The third kappa shape index (κ3) is 8.01. The smallest absolute Gasteiger partial charge is 0.251 e. The summed E-state index contributed by atoms with van der Waals surface area (Å²) in [5, 5.41) is 11.0. The Hall–Kier alpha value is -1.15. The molecule has 0 heterocycles. The average molecular weight is 336 g/mol. The summed E-state index contributed by atoms with van der Waals surface area (Å²) in [5.74, 6) is -0.413. The fourth-order valence-electron chi connectivity index (χ4n) is 1.75. The summed E-state index contributed by atoms with van der Waals surface area (Å²) in [6.07, 6.45) is 0. The molecule has 0 aromatic heterocycles. The molecule has 0 spiro atoms. The van der Waals surface area contributed by atoms with Crippen LogP contribution in [0.2, 0.25) is 0 Å². The number of amides is 1. The number of carbonyl (C=O) groups is 1. The number of primary sulfonamides is 1. The maximum absolute atomic E-state index is 11.9. The van der Waals surface area contributed by atoms with E-state index < -0.39 is 10.0 Å². The zero-order valence-corrected chi connectivity index (χ0v) is 13.8. The molecule has 0 saturated heterocycles. The fourth-order valence-corrected chi connectivity index (χ4v) is 2.41. The Labute approximate surface area is 132 Å². The van der Waals surface area contributed by atoms with E-state index in [1.165, 1.54) is 0 Å². The lowest BCUT2D eigenvalue weighted by atomic mass is 10.1. The third-order valence-corrected chi connectivity index (χ3v) is 3.44. The first-order valence-corrected chi connectivity index (χ1v) is 8.14. The predicted molar refractivity (Wildman–Crippen MR) is 86.0 cm³/mol. The Morgan fingerprint density at radius 2 is 1.86 bits per heavy atom. The SMILES string of the molecule is CCN[C@H](C)CNC(=O)c1ccc(CS(N)(=O)=O)cc1.Cl. The van der Waals surface area contributed by atoms with Crippen molar-refractivity contribution in [1.29, 1.82) is 0 Å². The van der Waals surface area contributed by atoms with Crippen molar-refractivity contribution in [3.05, 3.63) is 35.4 Å². The van der Waals surface area contributed by atoms with E-state index in [9.17, 15) is 13.2 Å². The number of hydrogen-bond acceptors (Lipinski definition) is 4. The monoisotopic (exact) mass is 335 g/mol. The van der Waals surface area contributed by atoms with Crippen LogP contribution < -0.4 is 15.8 Å². The van der Waals surface area contributed by atoms with Crippen LogP contribution in [-0.4, -0.2) is 33.5 Å². The molecule has 0 radical (unpaired) electrons. The van der Waals surface area contributed by atoms with Gasteiger partial charge in [0.2, 0.25) is 10.0 Å². The topological polar surface area (TPSA) is 101 Å². The van der Waals surface area contributed by atoms with Crippen LogP contribution in [0.3, 0.4) is 0 Å². The third-order valence-electron chi connectivity index (χ3n) is 2.71. The molecule has 1 atom stereocenters. The van der Waals surface area contributed by atoms with Crippen molar-refractivity contribution < 1.29 is 13.2 Å². The highest BCUT2D eigenvalue weighted by Gasteiger charge is 2.09. The molecule has 1 amide bonds. The van der Waals surface area contributed by atoms with Crippen molar-refractivity contribution in [1.82, 2.24) is 10.6 Å². The van der Waals surface area contributed by atoms with Gasteiger partial charge in [0.25, 0.3) is 5.91 Å². The lowest BCUT2D eigenvalue weighted by Gasteiger charge is -2.13. The van der Waals surface area contributed by atoms with Crippen molar-refractivity contribution >= 4 is 28.3 Å². The molecular formula is C13H22ClN3O3S. The van der Waals surface area contributed by atoms with Gasteiger partial charge < -0.3 is 10.6 Å². The number of hydrogen-bond donors (Lipinski definition) is 3. The molecule has 120 valence electrons. The van der Waals surface area contributed by atoms with Crippen molar-refractivity contribution in [2.45, 2.75) is 25.6 Å². The van der Waals surface area contributed by atoms with Crippen LogP contribution in [0.15, 0.2) is 24.3 Å². The molecule has 21 heavy (non-hydrogen) atoms. The summed E-state index contributed by atoms with van der Waals surface area (Å²) in [5.41, 5.74) is 1.05. The zero-order valence-electron chi connectivity index (χ0n) is 12.1. The molecule has 0 aliphatic rings. The van der Waals surface area contributed by atoms with Gasteiger partial charge in [-0.05, 0) is 31.2 Å². The molecule has 4 N–H and O–H groups in total. The minimum atomic E-state index is -3.55. The second-order valence-corrected chi connectivity index (χ2v) is 6.29. The Morgan fingerprint density at radius 3 is 2.33 bits per heavy atom. The lowest BCUT2D eigenvalue weighted by Crippen LogP contribution is -2.38. The van der Waals surface area contributed by atoms with E-state index in [4.69, 9.17) is 5.14 Å². The van der Waals surface area contributed by atoms with Gasteiger partial charge in [-0.2, -0.15) is 0 Å². The van der Waals surface area contributed by atoms with Crippen LogP contribution >= 0.6 is 12.4 Å². The number of carbonyl (C=O) groups excluding carboxylic acids is 1. The van der Waals surface area contributed by atoms with Gasteiger partial charge in [-0.25, -0.2) is 13.6 Å². The van der Waals surface area contributed by atoms with E-state index in [2.05, 4.69) is 10.6 Å². The first-order valence-electron chi connectivity index (χ1n) is 6.43. The summed E-state index contributed by atoms with van der Waals surface area (Å²) in [6.45, 7) is 5.37. The van der Waals surface area contributed by atoms with Crippen LogP contribution in [0.1, 0.15) is 29.8 Å². The zero-order chi connectivity index (χ0) is 15.2. The van der Waals surface area contributed by atoms with Gasteiger partial charge in [0.15, 0.2) is 0 Å². The van der Waals surface area contributed by atoms with Crippen molar-refractivity contribution in [3.8, 4) is 0 Å². The maximum atomic E-state index is 11.9. The Morgan fingerprint density at radius 1 is 1.29 bits per heavy atom. The van der Waals surface area contributed by atoms with E-state index >= 15 is 0 Å². The van der Waals surface area contributed by atoms with E-state index in [-0.39, 0.29) is 30.1 Å². The number of sulfonamides is 1. The molecule has 0 aliphatic carbocycles. The molecule has 6 nitrogen and oxygen atoms in total. The molecular weight excluding hydrogens is 314 g/mol. The van der Waals surface area contributed by atoms with Crippen LogP contribution in [-0.2, 0) is 15.8 Å². The number of nitrogens with one attached hydrogen (secondary N) is 2. The molecule has 8 heteroatoms. The van der Waals surface area contributed by atoms with Gasteiger partial charge in [-0.15, -0.1) is 12.4 Å². The summed E-state index contributed by atoms with van der Waals surface area (Å²) >= 11 is 0. The van der Waals surface area contributed by atoms with Crippen molar-refractivity contribution in [2.75, 3.05) is 13.1 Å². The van der Waals surface area contributed by atoms with Crippen molar-refractivity contribution in [2.24, 2.45) is 5.14 Å². The second-order valence-electron chi connectivity index (χ2n) is 4.67. The molecule has 0 fully saturated rings. The minimum Gasteiger partial charge on any atom is -0.350 e. The number of rotatable bonds is 7. The van der Waals surface area contributed by atoms with Gasteiger partial charge in [0.1, 0.15) is 0 Å². The predicted octanol–water partition coefficient (Wildman–Crippen LogP) is 0.625. The van der Waals surface area contributed by atoms with Crippen molar-refractivity contribution in [3.63, 3.8) is 0 Å². The number of halogens is 1. The van der Waals surface area contributed by atoms with E-state index in [1.54, 1.807) is 24.3 Å². The molecule has 1 aromatic carbocycles. The minimum absolute atomic E-state index is 0. The molecule has 0 unspecified atom stereocenters. The van der Waals surface area contributed by atoms with Gasteiger partial charge in [0.05, 0.1) is 5.75 Å². The van der Waals surface area contributed by atoms with Gasteiger partial charge in [0, 0.05) is 18.2 Å². The van der Waals surface area contributed by atoms with Crippen LogP contribution in [0.4, 0.5) is 0 Å². The largest absolute Gasteiger partial charge is 0.350 e. The summed E-state index contributed by atoms with van der Waals surface area (Å²) in [7, 11) is -3.55. The van der Waals surface area contributed by atoms with Gasteiger partial charge in [-0.3, -0.25) is 4.79 Å². The maximum Gasteiger partial charge on any atom is 0.251 e. The number of nitrogens with two attached hydrogens (primary N) is 1. The second kappa shape index (κ2) is 8.99. The van der Waals surface area contributed by atoms with E-state index in [0.29, 0.717) is 17.7 Å². The Balaban J connectivity index is 0.00000400. The number of benzene rings is 1. The standard InChI is InChI=1S/C13H21N3O3S.ClH/c1-3-15-10(2)8-16-13(17)12-6-4-11(5-7-12)9-20(14,18)19;/h4-7,10,15H,3,8-9H2,1-2H3,(H,16,17)(H2,14,18,19);1H/t10-;/m1./s1. The summed E-state index contributed by atoms with van der Waals surface area (Å²) in [6, 6.07) is 6.56. The molecule has 0 saturated carbocycles. The fraction of sp³-hybridized carbons (Fsp3) is 0.462. The normalized spacial score (nSPS) is 12.3.